The molecule has 0 radical (unpaired) electrons. The predicted octanol–water partition coefficient (Wildman–Crippen LogP) is 5.51. The van der Waals surface area contributed by atoms with Crippen molar-refractivity contribution in [3.8, 4) is 11.5 Å². The van der Waals surface area contributed by atoms with Crippen LogP contribution in [0.15, 0.2) is 108 Å². The van der Waals surface area contributed by atoms with Gasteiger partial charge in [-0.2, -0.15) is 5.10 Å². The second-order valence-corrected chi connectivity index (χ2v) is 8.59. The zero-order chi connectivity index (χ0) is 29.2. The van der Waals surface area contributed by atoms with Crippen molar-refractivity contribution < 1.29 is 28.8 Å². The van der Waals surface area contributed by atoms with Gasteiger partial charge in [-0.25, -0.2) is 15.0 Å². The average molecular weight is 550 g/mol. The fourth-order valence-electron chi connectivity index (χ4n) is 3.50. The first-order valence-corrected chi connectivity index (χ1v) is 12.2. The molecule has 0 spiro atoms. The van der Waals surface area contributed by atoms with Crippen LogP contribution in [0.25, 0.3) is 6.08 Å². The molecule has 204 valence electrons. The number of carbonyl (C=O) groups excluding carboxylic acids is 3. The summed E-state index contributed by atoms with van der Waals surface area (Å²) in [5, 5.41) is 14.7. The molecule has 10 heteroatoms. The molecule has 0 heterocycles. The van der Waals surface area contributed by atoms with Crippen LogP contribution in [0.1, 0.15) is 37.4 Å². The highest BCUT2D eigenvalue weighted by Gasteiger charge is 2.12. The first kappa shape index (κ1) is 28.1. The van der Waals surface area contributed by atoms with E-state index in [1.165, 1.54) is 42.6 Å². The number of carbonyl (C=O) groups is 3. The summed E-state index contributed by atoms with van der Waals surface area (Å²) >= 11 is 0. The molecular formula is C31H23N3O7. The van der Waals surface area contributed by atoms with E-state index in [0.717, 1.165) is 5.56 Å². The molecule has 0 aromatic heterocycles. The summed E-state index contributed by atoms with van der Waals surface area (Å²) in [7, 11) is 0. The van der Waals surface area contributed by atoms with E-state index in [9.17, 15) is 24.5 Å². The number of para-hydroxylation sites is 2. The summed E-state index contributed by atoms with van der Waals surface area (Å²) < 4.78 is 11.0. The standard InChI is InChI=1S/C31H23N3O7/c1-21-10-12-24(13-11-21)31(37)41-27-8-4-2-6-22(27)16-19-29(35)40-28-9-5-3-7-25(28)20-32-33-30(36)23-14-17-26(18-15-23)34(38)39/h2-20H,1H3,(H,33,36)/b19-16+,32-20+. The Labute approximate surface area is 234 Å². The summed E-state index contributed by atoms with van der Waals surface area (Å²) in [6, 6.07) is 25.4. The van der Waals surface area contributed by atoms with Gasteiger partial charge in [0, 0.05) is 34.9 Å². The fraction of sp³-hybridized carbons (Fsp3) is 0.0323. The highest BCUT2D eigenvalue weighted by atomic mass is 16.6. The number of hydrazone groups is 1. The van der Waals surface area contributed by atoms with Crippen LogP contribution < -0.4 is 14.9 Å². The minimum absolute atomic E-state index is 0.137. The molecule has 0 fully saturated rings. The lowest BCUT2D eigenvalue weighted by molar-refractivity contribution is -0.384. The first-order chi connectivity index (χ1) is 19.8. The predicted molar refractivity (Wildman–Crippen MR) is 152 cm³/mol. The van der Waals surface area contributed by atoms with Gasteiger partial charge < -0.3 is 9.47 Å². The lowest BCUT2D eigenvalue weighted by Crippen LogP contribution is -2.17. The number of benzene rings is 4. The molecule has 0 aliphatic rings. The van der Waals surface area contributed by atoms with Crippen molar-refractivity contribution in [1.29, 1.82) is 0 Å². The van der Waals surface area contributed by atoms with Gasteiger partial charge in [0.05, 0.1) is 16.7 Å². The molecular weight excluding hydrogens is 526 g/mol. The van der Waals surface area contributed by atoms with Gasteiger partial charge in [0.15, 0.2) is 0 Å². The molecule has 1 amide bonds. The number of non-ortho nitro benzene ring substituents is 1. The summed E-state index contributed by atoms with van der Waals surface area (Å²) in [6.07, 6.45) is 3.97. The van der Waals surface area contributed by atoms with Crippen LogP contribution >= 0.6 is 0 Å². The van der Waals surface area contributed by atoms with Crippen LogP contribution in [-0.4, -0.2) is 29.0 Å². The van der Waals surface area contributed by atoms with Crippen LogP contribution in [0.4, 0.5) is 5.69 Å². The van der Waals surface area contributed by atoms with E-state index < -0.39 is 22.8 Å². The quantitative estimate of drug-likeness (QED) is 0.0726. The number of nitro benzene ring substituents is 1. The van der Waals surface area contributed by atoms with Crippen molar-refractivity contribution in [3.05, 3.63) is 141 Å². The zero-order valence-electron chi connectivity index (χ0n) is 21.7. The lowest BCUT2D eigenvalue weighted by Gasteiger charge is -2.08. The number of hydrogen-bond acceptors (Lipinski definition) is 8. The molecule has 10 nitrogen and oxygen atoms in total. The molecule has 4 aromatic carbocycles. The number of ether oxygens (including phenoxy) is 2. The number of nitrogens with one attached hydrogen (secondary N) is 1. The number of amides is 1. The summed E-state index contributed by atoms with van der Waals surface area (Å²) in [5.41, 5.74) is 4.69. The first-order valence-electron chi connectivity index (χ1n) is 12.2. The third-order valence-electron chi connectivity index (χ3n) is 5.65. The summed E-state index contributed by atoms with van der Waals surface area (Å²) in [5.74, 6) is -1.33. The lowest BCUT2D eigenvalue weighted by atomic mass is 10.1. The maximum atomic E-state index is 12.6. The minimum atomic E-state index is -0.694. The number of aryl methyl sites for hydroxylation is 1. The maximum Gasteiger partial charge on any atom is 0.343 e. The Hall–Kier alpha value is -5.90. The smallest absolute Gasteiger partial charge is 0.343 e. The molecule has 0 atom stereocenters. The monoisotopic (exact) mass is 549 g/mol. The van der Waals surface area contributed by atoms with Crippen LogP contribution in [0.3, 0.4) is 0 Å². The molecule has 0 aliphatic carbocycles. The minimum Gasteiger partial charge on any atom is -0.423 e. The van der Waals surface area contributed by atoms with Crippen LogP contribution in [0.5, 0.6) is 11.5 Å². The van der Waals surface area contributed by atoms with Crippen molar-refractivity contribution in [1.82, 2.24) is 5.43 Å². The Morgan fingerprint density at radius 3 is 2.02 bits per heavy atom. The van der Waals surface area contributed by atoms with Gasteiger partial charge in [-0.3, -0.25) is 14.9 Å². The summed E-state index contributed by atoms with van der Waals surface area (Å²) in [4.78, 5) is 47.6. The van der Waals surface area contributed by atoms with E-state index in [1.54, 1.807) is 60.7 Å². The zero-order valence-corrected chi connectivity index (χ0v) is 21.7. The number of esters is 2. The van der Waals surface area contributed by atoms with Gasteiger partial charge in [0.1, 0.15) is 11.5 Å². The molecule has 4 rings (SSSR count). The van der Waals surface area contributed by atoms with E-state index in [4.69, 9.17) is 9.47 Å². The highest BCUT2D eigenvalue weighted by molar-refractivity contribution is 5.96. The van der Waals surface area contributed by atoms with Gasteiger partial charge in [-0.15, -0.1) is 0 Å². The topological polar surface area (TPSA) is 137 Å². The van der Waals surface area contributed by atoms with Crippen LogP contribution in [0, 0.1) is 17.0 Å². The van der Waals surface area contributed by atoms with Gasteiger partial charge in [-0.05, 0) is 55.5 Å². The Bertz CT molecular complexity index is 1640. The van der Waals surface area contributed by atoms with Crippen molar-refractivity contribution in [2.75, 3.05) is 0 Å². The molecule has 0 saturated carbocycles. The van der Waals surface area contributed by atoms with E-state index in [0.29, 0.717) is 16.7 Å². The van der Waals surface area contributed by atoms with Gasteiger partial charge in [0.25, 0.3) is 11.6 Å². The molecule has 0 aliphatic heterocycles. The third kappa shape index (κ3) is 7.80. The molecule has 4 aromatic rings. The van der Waals surface area contributed by atoms with E-state index >= 15 is 0 Å². The van der Waals surface area contributed by atoms with Crippen molar-refractivity contribution in [2.45, 2.75) is 6.92 Å². The van der Waals surface area contributed by atoms with E-state index in [2.05, 4.69) is 10.5 Å². The van der Waals surface area contributed by atoms with Gasteiger partial charge >= 0.3 is 11.9 Å². The number of nitro groups is 1. The Morgan fingerprint density at radius 1 is 0.780 bits per heavy atom. The highest BCUT2D eigenvalue weighted by Crippen LogP contribution is 2.22. The Balaban J connectivity index is 1.39. The number of nitrogens with zero attached hydrogens (tertiary/aromatic N) is 2. The second-order valence-electron chi connectivity index (χ2n) is 8.59. The van der Waals surface area contributed by atoms with Crippen LogP contribution in [-0.2, 0) is 4.79 Å². The number of rotatable bonds is 9. The third-order valence-corrected chi connectivity index (χ3v) is 5.65. The molecule has 0 unspecified atom stereocenters. The van der Waals surface area contributed by atoms with E-state index in [-0.39, 0.29) is 22.7 Å². The Morgan fingerprint density at radius 2 is 1.37 bits per heavy atom. The number of hydrogen-bond donors (Lipinski definition) is 1. The molecule has 41 heavy (non-hydrogen) atoms. The average Bonchev–Trinajstić information content (AvgIpc) is 2.98. The molecule has 0 saturated heterocycles. The van der Waals surface area contributed by atoms with Crippen LogP contribution in [0.2, 0.25) is 0 Å². The summed E-state index contributed by atoms with van der Waals surface area (Å²) in [6.45, 7) is 1.92. The van der Waals surface area contributed by atoms with E-state index in [1.807, 2.05) is 19.1 Å². The second kappa shape index (κ2) is 13.3. The maximum absolute atomic E-state index is 12.6. The van der Waals surface area contributed by atoms with Crippen molar-refractivity contribution in [3.63, 3.8) is 0 Å². The fourth-order valence-corrected chi connectivity index (χ4v) is 3.50. The normalized spacial score (nSPS) is 10.9. The molecule has 0 bridgehead atoms. The van der Waals surface area contributed by atoms with Crippen molar-refractivity contribution >= 4 is 35.8 Å². The van der Waals surface area contributed by atoms with Gasteiger partial charge in [0.2, 0.25) is 0 Å². The SMILES string of the molecule is Cc1ccc(C(=O)Oc2ccccc2/C=C/C(=O)Oc2ccccc2/C=N/NC(=O)c2ccc([N+](=O)[O-])cc2)cc1. The molecule has 1 N–H and O–H groups in total. The Kier molecular flexibility index (Phi) is 9.09. The largest absolute Gasteiger partial charge is 0.423 e. The van der Waals surface area contributed by atoms with Crippen molar-refractivity contribution in [2.24, 2.45) is 5.10 Å². The van der Waals surface area contributed by atoms with Gasteiger partial charge in [-0.1, -0.05) is 48.0 Å².